The quantitative estimate of drug-likeness (QED) is 0.642. The minimum atomic E-state index is 0. The lowest BCUT2D eigenvalue weighted by molar-refractivity contribution is 0.313. The van der Waals surface area contributed by atoms with Crippen LogP contribution in [-0.2, 0) is 0 Å². The second-order valence-electron chi connectivity index (χ2n) is 6.32. The van der Waals surface area contributed by atoms with E-state index in [1.54, 1.807) is 18.6 Å². The van der Waals surface area contributed by atoms with Gasteiger partial charge in [-0.1, -0.05) is 6.07 Å². The monoisotopic (exact) mass is 455 g/mol. The van der Waals surface area contributed by atoms with Crippen LogP contribution >= 0.6 is 37.2 Å². The fourth-order valence-corrected chi connectivity index (χ4v) is 2.91. The van der Waals surface area contributed by atoms with E-state index in [2.05, 4.69) is 48.2 Å². The van der Waals surface area contributed by atoms with E-state index in [0.29, 0.717) is 5.82 Å². The lowest BCUT2D eigenvalue weighted by Crippen LogP contribution is -2.44. The van der Waals surface area contributed by atoms with Crippen molar-refractivity contribution in [2.75, 3.05) is 43.4 Å². The van der Waals surface area contributed by atoms with Crippen molar-refractivity contribution in [1.82, 2.24) is 24.8 Å². The highest BCUT2D eigenvalue weighted by Gasteiger charge is 2.14. The van der Waals surface area contributed by atoms with Crippen LogP contribution in [0.5, 0.6) is 0 Å². The topological polar surface area (TPSA) is 70.1 Å². The number of nitrogens with one attached hydrogen (secondary N) is 1. The lowest BCUT2D eigenvalue weighted by Gasteiger charge is -2.33. The van der Waals surface area contributed by atoms with Crippen molar-refractivity contribution in [3.8, 4) is 11.4 Å². The van der Waals surface area contributed by atoms with Crippen molar-refractivity contribution in [2.24, 2.45) is 0 Å². The maximum Gasteiger partial charge on any atom is 0.150 e. The predicted molar refractivity (Wildman–Crippen MR) is 124 cm³/mol. The summed E-state index contributed by atoms with van der Waals surface area (Å²) in [5.74, 6) is 1.39. The molecule has 3 aromatic heterocycles. The Kier molecular flexibility index (Phi) is 10.0. The summed E-state index contributed by atoms with van der Waals surface area (Å²) in [6, 6.07) is 9.80. The van der Waals surface area contributed by atoms with Crippen LogP contribution in [0.25, 0.3) is 11.4 Å². The number of nitrogens with zero attached hydrogens (tertiary/aromatic N) is 6. The standard InChI is InChI=1S/C19H21N7.3ClH/c1-25-8-10-26(11-9-25)15-5-6-18(22-12-15)24-19-14-20-13-17(23-19)16-4-2-3-7-21-16;;;/h2-7,12-14H,8-11H2,1H3,(H,22,23,24);3*1H. The van der Waals surface area contributed by atoms with E-state index in [1.165, 1.54) is 0 Å². The van der Waals surface area contributed by atoms with Crippen LogP contribution in [0.1, 0.15) is 0 Å². The molecule has 1 saturated heterocycles. The molecule has 1 aliphatic rings. The van der Waals surface area contributed by atoms with Crippen molar-refractivity contribution >= 4 is 54.5 Å². The Hall–Kier alpha value is -2.19. The summed E-state index contributed by atoms with van der Waals surface area (Å²) >= 11 is 0. The normalized spacial score (nSPS) is 13.5. The van der Waals surface area contributed by atoms with Crippen LogP contribution in [-0.4, -0.2) is 58.1 Å². The van der Waals surface area contributed by atoms with Crippen LogP contribution in [0.2, 0.25) is 0 Å². The molecule has 0 spiro atoms. The molecule has 0 aromatic carbocycles. The zero-order chi connectivity index (χ0) is 17.8. The number of rotatable bonds is 4. The van der Waals surface area contributed by atoms with Crippen LogP contribution in [0.15, 0.2) is 55.1 Å². The molecule has 0 saturated carbocycles. The molecule has 1 fully saturated rings. The number of anilines is 3. The fourth-order valence-electron chi connectivity index (χ4n) is 2.91. The summed E-state index contributed by atoms with van der Waals surface area (Å²) < 4.78 is 0. The van der Waals surface area contributed by atoms with E-state index < -0.39 is 0 Å². The van der Waals surface area contributed by atoms with Crippen LogP contribution < -0.4 is 10.2 Å². The Morgan fingerprint density at radius 1 is 0.793 bits per heavy atom. The van der Waals surface area contributed by atoms with Crippen LogP contribution in [0.4, 0.5) is 17.3 Å². The third-order valence-electron chi connectivity index (χ3n) is 4.43. The molecule has 7 nitrogen and oxygen atoms in total. The Morgan fingerprint density at radius 2 is 1.59 bits per heavy atom. The van der Waals surface area contributed by atoms with Gasteiger partial charge in [0.05, 0.1) is 30.0 Å². The lowest BCUT2D eigenvalue weighted by atomic mass is 10.3. The Bertz CT molecular complexity index is 857. The summed E-state index contributed by atoms with van der Waals surface area (Å²) in [7, 11) is 2.16. The Balaban J connectivity index is 0.00000140. The van der Waals surface area contributed by atoms with Gasteiger partial charge in [-0.25, -0.2) is 9.97 Å². The van der Waals surface area contributed by atoms with Crippen molar-refractivity contribution in [1.29, 1.82) is 0 Å². The van der Waals surface area contributed by atoms with Crippen LogP contribution in [0, 0.1) is 0 Å². The third kappa shape index (κ3) is 6.40. The van der Waals surface area contributed by atoms with Gasteiger partial charge < -0.3 is 15.1 Å². The van der Waals surface area contributed by atoms with Crippen molar-refractivity contribution in [3.63, 3.8) is 0 Å². The minimum Gasteiger partial charge on any atom is -0.368 e. The molecule has 10 heteroatoms. The van der Waals surface area contributed by atoms with Crippen molar-refractivity contribution in [3.05, 3.63) is 55.1 Å². The molecule has 1 aliphatic heterocycles. The summed E-state index contributed by atoms with van der Waals surface area (Å²) in [5.41, 5.74) is 2.67. The maximum atomic E-state index is 4.57. The molecule has 156 valence electrons. The summed E-state index contributed by atoms with van der Waals surface area (Å²) in [6.07, 6.45) is 7.04. The number of piperazine rings is 1. The number of hydrogen-bond acceptors (Lipinski definition) is 7. The van der Waals surface area contributed by atoms with Crippen LogP contribution in [0.3, 0.4) is 0 Å². The van der Waals surface area contributed by atoms with E-state index in [4.69, 9.17) is 0 Å². The zero-order valence-corrected chi connectivity index (χ0v) is 18.4. The van der Waals surface area contributed by atoms with Gasteiger partial charge in [-0.05, 0) is 31.3 Å². The fraction of sp³-hybridized carbons (Fsp3) is 0.263. The molecule has 0 aliphatic carbocycles. The highest BCUT2D eigenvalue weighted by Crippen LogP contribution is 2.20. The minimum absolute atomic E-state index is 0. The van der Waals surface area contributed by atoms with Gasteiger partial charge in [-0.2, -0.15) is 0 Å². The number of hydrogen-bond donors (Lipinski definition) is 1. The van der Waals surface area contributed by atoms with Gasteiger partial charge in [0.1, 0.15) is 11.5 Å². The molecular formula is C19H24Cl3N7. The Labute approximate surface area is 189 Å². The highest BCUT2D eigenvalue weighted by molar-refractivity contribution is 5.86. The molecule has 0 unspecified atom stereocenters. The van der Waals surface area contributed by atoms with Gasteiger partial charge >= 0.3 is 0 Å². The first-order chi connectivity index (χ1) is 12.8. The molecule has 0 amide bonds. The number of halogens is 3. The van der Waals surface area contributed by atoms with Gasteiger partial charge in [0.25, 0.3) is 0 Å². The first-order valence-electron chi connectivity index (χ1n) is 8.68. The number of likely N-dealkylation sites (N-methyl/N-ethyl adjacent to an activating group) is 1. The molecule has 4 rings (SSSR count). The van der Waals surface area contributed by atoms with E-state index in [1.807, 2.05) is 30.5 Å². The van der Waals surface area contributed by atoms with Gasteiger partial charge in [0.2, 0.25) is 0 Å². The predicted octanol–water partition coefficient (Wildman–Crippen LogP) is 3.69. The third-order valence-corrected chi connectivity index (χ3v) is 4.43. The molecule has 1 N–H and O–H groups in total. The molecule has 4 heterocycles. The molecular weight excluding hydrogens is 433 g/mol. The average molecular weight is 457 g/mol. The molecule has 29 heavy (non-hydrogen) atoms. The smallest absolute Gasteiger partial charge is 0.150 e. The molecule has 0 atom stereocenters. The summed E-state index contributed by atoms with van der Waals surface area (Å²) in [4.78, 5) is 22.3. The average Bonchev–Trinajstić information content (AvgIpc) is 2.70. The number of pyridine rings is 2. The van der Waals surface area contributed by atoms with Gasteiger partial charge in [0.15, 0.2) is 5.82 Å². The Morgan fingerprint density at radius 3 is 2.24 bits per heavy atom. The van der Waals surface area contributed by atoms with Gasteiger partial charge in [-0.3, -0.25) is 9.97 Å². The van der Waals surface area contributed by atoms with E-state index in [-0.39, 0.29) is 37.2 Å². The molecule has 0 radical (unpaired) electrons. The largest absolute Gasteiger partial charge is 0.368 e. The summed E-state index contributed by atoms with van der Waals surface area (Å²) in [5, 5.41) is 3.21. The second kappa shape index (κ2) is 11.7. The van der Waals surface area contributed by atoms with Gasteiger partial charge in [-0.15, -0.1) is 37.2 Å². The van der Waals surface area contributed by atoms with Crippen molar-refractivity contribution < 1.29 is 0 Å². The highest BCUT2D eigenvalue weighted by atomic mass is 35.5. The number of aromatic nitrogens is 4. The summed E-state index contributed by atoms with van der Waals surface area (Å²) in [6.45, 7) is 4.22. The SMILES string of the molecule is CN1CCN(c2ccc(Nc3cncc(-c4ccccn4)n3)nc2)CC1.Cl.Cl.Cl. The molecule has 3 aromatic rings. The van der Waals surface area contributed by atoms with E-state index in [9.17, 15) is 0 Å². The maximum absolute atomic E-state index is 4.57. The zero-order valence-electron chi connectivity index (χ0n) is 15.9. The van der Waals surface area contributed by atoms with E-state index in [0.717, 1.165) is 49.1 Å². The van der Waals surface area contributed by atoms with E-state index >= 15 is 0 Å². The second-order valence-corrected chi connectivity index (χ2v) is 6.32. The molecule has 0 bridgehead atoms. The van der Waals surface area contributed by atoms with Gasteiger partial charge in [0, 0.05) is 32.4 Å². The first kappa shape index (κ1) is 24.8. The van der Waals surface area contributed by atoms with Crippen molar-refractivity contribution in [2.45, 2.75) is 0 Å². The first-order valence-corrected chi connectivity index (χ1v) is 8.68.